The number of halogens is 1. The van der Waals surface area contributed by atoms with Crippen LogP contribution in [0.25, 0.3) is 0 Å². The van der Waals surface area contributed by atoms with Crippen LogP contribution in [-0.4, -0.2) is 32.1 Å². The summed E-state index contributed by atoms with van der Waals surface area (Å²) in [7, 11) is 4.21. The van der Waals surface area contributed by atoms with Gasteiger partial charge in [0, 0.05) is 16.6 Å². The van der Waals surface area contributed by atoms with Gasteiger partial charge in [-0.05, 0) is 64.3 Å². The lowest BCUT2D eigenvalue weighted by Crippen LogP contribution is -2.21. The Morgan fingerprint density at radius 3 is 2.54 bits per heavy atom. The second-order valence-corrected chi connectivity index (χ2v) is 7.28. The van der Waals surface area contributed by atoms with E-state index in [0.29, 0.717) is 6.61 Å². The lowest BCUT2D eigenvalue weighted by molar-refractivity contribution is 0.302. The van der Waals surface area contributed by atoms with Gasteiger partial charge in [0.15, 0.2) is 0 Å². The van der Waals surface area contributed by atoms with Crippen LogP contribution in [0.3, 0.4) is 0 Å². The van der Waals surface area contributed by atoms with E-state index in [1.54, 1.807) is 0 Å². The standard InChI is InChI=1S/C20H27BrN2O/c1-16-5-7-17(8-6-16)15-24-20-10-9-19(21)13-18(20)14-22-11-4-12-23(2)3/h5-10,13,22H,4,11-12,14-15H2,1-3H3. The molecule has 0 atom stereocenters. The molecule has 1 N–H and O–H groups in total. The number of nitrogens with one attached hydrogen (secondary N) is 1. The molecule has 0 aliphatic rings. The third kappa shape index (κ3) is 6.63. The van der Waals surface area contributed by atoms with Gasteiger partial charge in [0.05, 0.1) is 0 Å². The zero-order chi connectivity index (χ0) is 17.4. The summed E-state index contributed by atoms with van der Waals surface area (Å²) in [6, 6.07) is 14.7. The van der Waals surface area contributed by atoms with E-state index in [9.17, 15) is 0 Å². The summed E-state index contributed by atoms with van der Waals surface area (Å²) in [5.41, 5.74) is 3.64. The van der Waals surface area contributed by atoms with Crippen LogP contribution in [0.4, 0.5) is 0 Å². The predicted octanol–water partition coefficient (Wildman–Crippen LogP) is 4.38. The van der Waals surface area contributed by atoms with Crippen LogP contribution in [0.2, 0.25) is 0 Å². The van der Waals surface area contributed by atoms with E-state index in [2.05, 4.69) is 77.5 Å². The first-order valence-electron chi connectivity index (χ1n) is 8.37. The molecule has 0 heterocycles. The van der Waals surface area contributed by atoms with Crippen molar-refractivity contribution < 1.29 is 4.74 Å². The molecular formula is C20H27BrN2O. The van der Waals surface area contributed by atoms with Crippen molar-refractivity contribution >= 4 is 15.9 Å². The van der Waals surface area contributed by atoms with Gasteiger partial charge < -0.3 is 15.0 Å². The van der Waals surface area contributed by atoms with Crippen LogP contribution in [0.1, 0.15) is 23.1 Å². The number of aryl methyl sites for hydroxylation is 1. The van der Waals surface area contributed by atoms with Crippen LogP contribution in [-0.2, 0) is 13.2 Å². The normalized spacial score (nSPS) is 11.0. The average Bonchev–Trinajstić information content (AvgIpc) is 2.55. The van der Waals surface area contributed by atoms with Crippen molar-refractivity contribution in [1.29, 1.82) is 0 Å². The quantitative estimate of drug-likeness (QED) is 0.643. The molecule has 2 rings (SSSR count). The van der Waals surface area contributed by atoms with Gasteiger partial charge in [-0.1, -0.05) is 45.8 Å². The summed E-state index contributed by atoms with van der Waals surface area (Å²) in [5.74, 6) is 0.943. The molecular weight excluding hydrogens is 364 g/mol. The van der Waals surface area contributed by atoms with Crippen molar-refractivity contribution in [3.05, 3.63) is 63.6 Å². The molecule has 4 heteroatoms. The Hall–Kier alpha value is -1.36. The van der Waals surface area contributed by atoms with Gasteiger partial charge in [0.1, 0.15) is 12.4 Å². The smallest absolute Gasteiger partial charge is 0.124 e. The van der Waals surface area contributed by atoms with E-state index >= 15 is 0 Å². The molecule has 0 fully saturated rings. The van der Waals surface area contributed by atoms with Crippen molar-refractivity contribution in [2.24, 2.45) is 0 Å². The van der Waals surface area contributed by atoms with Gasteiger partial charge >= 0.3 is 0 Å². The van der Waals surface area contributed by atoms with Crippen LogP contribution >= 0.6 is 15.9 Å². The number of benzene rings is 2. The molecule has 3 nitrogen and oxygen atoms in total. The maximum absolute atomic E-state index is 6.04. The monoisotopic (exact) mass is 390 g/mol. The molecule has 0 bridgehead atoms. The molecule has 0 aromatic heterocycles. The maximum atomic E-state index is 6.04. The van der Waals surface area contributed by atoms with E-state index in [0.717, 1.165) is 36.3 Å². The van der Waals surface area contributed by atoms with Crippen LogP contribution in [0.5, 0.6) is 5.75 Å². The Balaban J connectivity index is 1.90. The van der Waals surface area contributed by atoms with Crippen LogP contribution in [0, 0.1) is 6.92 Å². The Labute approximate surface area is 154 Å². The largest absolute Gasteiger partial charge is 0.489 e. The fourth-order valence-corrected chi connectivity index (χ4v) is 2.82. The van der Waals surface area contributed by atoms with Crippen LogP contribution in [0.15, 0.2) is 46.9 Å². The second-order valence-electron chi connectivity index (χ2n) is 6.36. The molecule has 0 saturated carbocycles. The number of ether oxygens (including phenoxy) is 1. The topological polar surface area (TPSA) is 24.5 Å². The molecule has 0 unspecified atom stereocenters. The minimum absolute atomic E-state index is 0.593. The molecule has 0 amide bonds. The Bertz CT molecular complexity index is 626. The fraction of sp³-hybridized carbons (Fsp3) is 0.400. The van der Waals surface area contributed by atoms with Gasteiger partial charge in [-0.2, -0.15) is 0 Å². The average molecular weight is 391 g/mol. The van der Waals surface area contributed by atoms with E-state index in [1.165, 1.54) is 16.7 Å². The van der Waals surface area contributed by atoms with E-state index in [1.807, 2.05) is 12.1 Å². The van der Waals surface area contributed by atoms with Crippen molar-refractivity contribution in [2.45, 2.75) is 26.5 Å². The highest BCUT2D eigenvalue weighted by Crippen LogP contribution is 2.24. The zero-order valence-electron chi connectivity index (χ0n) is 14.8. The molecule has 2 aromatic carbocycles. The minimum Gasteiger partial charge on any atom is -0.489 e. The summed E-state index contributed by atoms with van der Waals surface area (Å²) in [4.78, 5) is 2.21. The summed E-state index contributed by atoms with van der Waals surface area (Å²) in [6.45, 7) is 5.61. The number of nitrogens with zero attached hydrogens (tertiary/aromatic N) is 1. The van der Waals surface area contributed by atoms with Gasteiger partial charge in [-0.3, -0.25) is 0 Å². The van der Waals surface area contributed by atoms with Gasteiger partial charge in [-0.15, -0.1) is 0 Å². The Morgan fingerprint density at radius 1 is 1.08 bits per heavy atom. The van der Waals surface area contributed by atoms with Crippen molar-refractivity contribution in [3.63, 3.8) is 0 Å². The summed E-state index contributed by atoms with van der Waals surface area (Å²) >= 11 is 3.55. The highest BCUT2D eigenvalue weighted by atomic mass is 79.9. The lowest BCUT2D eigenvalue weighted by atomic mass is 10.1. The zero-order valence-corrected chi connectivity index (χ0v) is 16.4. The third-order valence-electron chi connectivity index (χ3n) is 3.81. The Kier molecular flexibility index (Phi) is 7.76. The molecule has 0 radical (unpaired) electrons. The van der Waals surface area contributed by atoms with Gasteiger partial charge in [0.2, 0.25) is 0 Å². The Morgan fingerprint density at radius 2 is 1.83 bits per heavy atom. The maximum Gasteiger partial charge on any atom is 0.124 e. The molecule has 2 aromatic rings. The third-order valence-corrected chi connectivity index (χ3v) is 4.31. The molecule has 130 valence electrons. The molecule has 0 spiro atoms. The molecule has 24 heavy (non-hydrogen) atoms. The van der Waals surface area contributed by atoms with E-state index in [4.69, 9.17) is 4.74 Å². The van der Waals surface area contributed by atoms with Crippen molar-refractivity contribution in [1.82, 2.24) is 10.2 Å². The van der Waals surface area contributed by atoms with Crippen LogP contribution < -0.4 is 10.1 Å². The van der Waals surface area contributed by atoms with Gasteiger partial charge in [-0.25, -0.2) is 0 Å². The van der Waals surface area contributed by atoms with Crippen molar-refractivity contribution in [2.75, 3.05) is 27.2 Å². The summed E-state index contributed by atoms with van der Waals surface area (Å²) in [6.07, 6.45) is 1.14. The highest BCUT2D eigenvalue weighted by Gasteiger charge is 2.05. The van der Waals surface area contributed by atoms with E-state index < -0.39 is 0 Å². The first-order chi connectivity index (χ1) is 11.5. The molecule has 0 aliphatic carbocycles. The first-order valence-corrected chi connectivity index (χ1v) is 9.16. The fourth-order valence-electron chi connectivity index (χ4n) is 2.42. The lowest BCUT2D eigenvalue weighted by Gasteiger charge is -2.14. The SMILES string of the molecule is Cc1ccc(COc2ccc(Br)cc2CNCCCN(C)C)cc1. The predicted molar refractivity (Wildman–Crippen MR) is 105 cm³/mol. The summed E-state index contributed by atoms with van der Waals surface area (Å²) < 4.78 is 7.12. The van der Waals surface area contributed by atoms with E-state index in [-0.39, 0.29) is 0 Å². The molecule has 0 saturated heterocycles. The second kappa shape index (κ2) is 9.82. The van der Waals surface area contributed by atoms with Gasteiger partial charge in [0.25, 0.3) is 0 Å². The first kappa shape index (κ1) is 19.0. The number of rotatable bonds is 9. The number of hydrogen-bond acceptors (Lipinski definition) is 3. The summed E-state index contributed by atoms with van der Waals surface area (Å²) in [5, 5.41) is 3.50. The minimum atomic E-state index is 0.593. The van der Waals surface area contributed by atoms with Crippen molar-refractivity contribution in [3.8, 4) is 5.75 Å². The molecule has 0 aliphatic heterocycles. The highest BCUT2D eigenvalue weighted by molar-refractivity contribution is 9.10. The number of hydrogen-bond donors (Lipinski definition) is 1.